The van der Waals surface area contributed by atoms with E-state index in [1.807, 2.05) is 4.98 Å². The van der Waals surface area contributed by atoms with Crippen molar-refractivity contribution in [3.63, 3.8) is 0 Å². The average molecular weight is 295 g/mol. The molecule has 0 spiro atoms. The highest BCUT2D eigenvalue weighted by Crippen LogP contribution is 2.40. The second kappa shape index (κ2) is 5.06. The molecule has 0 bridgehead atoms. The molecular formula is C9H11ClN2O5S. The summed E-state index contributed by atoms with van der Waals surface area (Å²) in [6.07, 6.45) is -1.27. The van der Waals surface area contributed by atoms with Crippen molar-refractivity contribution in [1.29, 1.82) is 0 Å². The molecular weight excluding hydrogens is 284 g/mol. The summed E-state index contributed by atoms with van der Waals surface area (Å²) in [7, 11) is 0. The van der Waals surface area contributed by atoms with Gasteiger partial charge in [-0.1, -0.05) is 11.6 Å². The third kappa shape index (κ3) is 2.21. The van der Waals surface area contributed by atoms with Crippen molar-refractivity contribution in [2.24, 2.45) is 0 Å². The number of nitrogens with zero attached hydrogens (tertiary/aromatic N) is 1. The Kier molecular flexibility index (Phi) is 3.83. The summed E-state index contributed by atoms with van der Waals surface area (Å²) in [5.74, 6) is 0. The molecule has 0 unspecified atom stereocenters. The lowest BCUT2D eigenvalue weighted by atomic mass is 10.1. The lowest BCUT2D eigenvalue weighted by molar-refractivity contribution is 0.0101. The van der Waals surface area contributed by atoms with Crippen LogP contribution in [0.4, 0.5) is 0 Å². The molecule has 0 radical (unpaired) electrons. The number of aliphatic hydroxyl groups is 3. The van der Waals surface area contributed by atoms with Crippen LogP contribution >= 0.6 is 23.4 Å². The van der Waals surface area contributed by atoms with Crippen LogP contribution in [0.25, 0.3) is 0 Å². The van der Waals surface area contributed by atoms with Gasteiger partial charge >= 0.3 is 5.69 Å². The third-order valence-electron chi connectivity index (χ3n) is 2.72. The minimum atomic E-state index is -1.23. The molecule has 100 valence electrons. The molecule has 1 aromatic rings. The number of nitrogens with one attached hydrogen (secondary N) is 1. The zero-order chi connectivity index (χ0) is 13.4. The Bertz CT molecular complexity index is 559. The Hall–Kier alpha value is -0.800. The number of hydrogen-bond donors (Lipinski definition) is 4. The molecule has 0 aliphatic carbocycles. The largest absolute Gasteiger partial charge is 0.395 e. The van der Waals surface area contributed by atoms with Gasteiger partial charge in [-0.05, 0) is 0 Å². The Morgan fingerprint density at radius 1 is 1.39 bits per heavy atom. The van der Waals surface area contributed by atoms with E-state index in [-0.39, 0.29) is 11.6 Å². The van der Waals surface area contributed by atoms with E-state index < -0.39 is 34.1 Å². The van der Waals surface area contributed by atoms with Crippen LogP contribution in [-0.2, 0) is 0 Å². The summed E-state index contributed by atoms with van der Waals surface area (Å²) in [5.41, 5.74) is -1.44. The molecule has 2 rings (SSSR count). The zero-order valence-corrected chi connectivity index (χ0v) is 10.6. The lowest BCUT2D eigenvalue weighted by Crippen LogP contribution is -2.37. The first-order valence-electron chi connectivity index (χ1n) is 5.09. The van der Waals surface area contributed by atoms with Crippen molar-refractivity contribution < 1.29 is 15.3 Å². The lowest BCUT2D eigenvalue weighted by Gasteiger charge is -2.17. The second-order valence-corrected chi connectivity index (χ2v) is 5.64. The fourth-order valence-electron chi connectivity index (χ4n) is 1.76. The van der Waals surface area contributed by atoms with E-state index >= 15 is 0 Å². The summed E-state index contributed by atoms with van der Waals surface area (Å²) in [4.78, 5) is 24.7. The van der Waals surface area contributed by atoms with Crippen molar-refractivity contribution in [2.75, 3.05) is 6.61 Å². The molecule has 1 saturated heterocycles. The highest BCUT2D eigenvalue weighted by molar-refractivity contribution is 8.00. The van der Waals surface area contributed by atoms with Crippen LogP contribution < -0.4 is 11.2 Å². The smallest absolute Gasteiger partial charge is 0.329 e. The van der Waals surface area contributed by atoms with E-state index in [1.165, 1.54) is 0 Å². The van der Waals surface area contributed by atoms with Crippen LogP contribution in [0.5, 0.6) is 0 Å². The van der Waals surface area contributed by atoms with Gasteiger partial charge in [0.05, 0.1) is 18.0 Å². The maximum Gasteiger partial charge on any atom is 0.329 e. The van der Waals surface area contributed by atoms with E-state index in [1.54, 1.807) is 0 Å². The number of hydrogen-bond acceptors (Lipinski definition) is 6. The van der Waals surface area contributed by atoms with Crippen molar-refractivity contribution in [3.8, 4) is 0 Å². The molecule has 2 heterocycles. The molecule has 1 aliphatic rings. The van der Waals surface area contributed by atoms with Crippen molar-refractivity contribution in [2.45, 2.75) is 22.8 Å². The van der Waals surface area contributed by atoms with Gasteiger partial charge in [0.15, 0.2) is 0 Å². The number of halogens is 1. The topological polar surface area (TPSA) is 116 Å². The van der Waals surface area contributed by atoms with Gasteiger partial charge in [-0.25, -0.2) is 4.79 Å². The number of H-pyrrole nitrogens is 1. The molecule has 4 N–H and O–H groups in total. The van der Waals surface area contributed by atoms with E-state index in [0.717, 1.165) is 22.5 Å². The Morgan fingerprint density at radius 3 is 2.61 bits per heavy atom. The van der Waals surface area contributed by atoms with Crippen LogP contribution in [0.2, 0.25) is 5.02 Å². The summed E-state index contributed by atoms with van der Waals surface area (Å²) >= 11 is 6.65. The van der Waals surface area contributed by atoms with E-state index in [9.17, 15) is 19.8 Å². The molecule has 7 nitrogen and oxygen atoms in total. The van der Waals surface area contributed by atoms with Crippen LogP contribution in [0, 0.1) is 0 Å². The maximum absolute atomic E-state index is 11.6. The number of aromatic nitrogens is 2. The minimum absolute atomic E-state index is 0.190. The Balaban J connectivity index is 2.42. The molecule has 0 saturated carbocycles. The predicted octanol–water partition coefficient (Wildman–Crippen LogP) is -1.48. The van der Waals surface area contributed by atoms with Crippen LogP contribution in [-0.4, -0.2) is 48.9 Å². The van der Waals surface area contributed by atoms with Gasteiger partial charge in [0.1, 0.15) is 16.5 Å². The second-order valence-electron chi connectivity index (χ2n) is 3.87. The maximum atomic E-state index is 11.6. The van der Waals surface area contributed by atoms with Crippen molar-refractivity contribution in [3.05, 3.63) is 32.1 Å². The highest BCUT2D eigenvalue weighted by Gasteiger charge is 2.43. The minimum Gasteiger partial charge on any atom is -0.395 e. The molecule has 1 fully saturated rings. The van der Waals surface area contributed by atoms with Crippen molar-refractivity contribution >= 4 is 23.4 Å². The quantitative estimate of drug-likeness (QED) is 0.529. The van der Waals surface area contributed by atoms with Gasteiger partial charge in [-0.15, -0.1) is 11.8 Å². The van der Waals surface area contributed by atoms with Crippen molar-refractivity contribution in [1.82, 2.24) is 9.55 Å². The summed E-state index contributed by atoms with van der Waals surface area (Å²) in [6.45, 7) is -0.328. The first-order chi connectivity index (χ1) is 8.45. The summed E-state index contributed by atoms with van der Waals surface area (Å²) < 4.78 is 1.04. The standard InChI is InChI=1S/C9H11ClN2O5S/c10-3-1-12(9(17)11-7(3)16)8-6(15)5(14)4(2-13)18-8/h1,4-6,8,13-15H,2H2,(H,11,16,17)/t4-,5-,6-,8-/m0/s1. The summed E-state index contributed by atoms with van der Waals surface area (Å²) in [6, 6.07) is 0. The molecule has 4 atom stereocenters. The molecule has 0 amide bonds. The first kappa shape index (κ1) is 13.6. The number of rotatable bonds is 2. The highest BCUT2D eigenvalue weighted by atomic mass is 35.5. The Morgan fingerprint density at radius 2 is 2.06 bits per heavy atom. The average Bonchev–Trinajstić information content (AvgIpc) is 2.61. The van der Waals surface area contributed by atoms with Gasteiger partial charge in [0.2, 0.25) is 0 Å². The molecule has 0 aromatic carbocycles. The number of aliphatic hydroxyl groups excluding tert-OH is 3. The third-order valence-corrected chi connectivity index (χ3v) is 4.55. The predicted molar refractivity (Wildman–Crippen MR) is 65.8 cm³/mol. The van der Waals surface area contributed by atoms with Gasteiger partial charge in [0.25, 0.3) is 5.56 Å². The number of thioether (sulfide) groups is 1. The van der Waals surface area contributed by atoms with Gasteiger partial charge < -0.3 is 15.3 Å². The molecule has 1 aliphatic heterocycles. The van der Waals surface area contributed by atoms with Gasteiger partial charge in [-0.3, -0.25) is 14.3 Å². The number of aromatic amines is 1. The van der Waals surface area contributed by atoms with Gasteiger partial charge in [0, 0.05) is 6.20 Å². The van der Waals surface area contributed by atoms with Crippen LogP contribution in [0.15, 0.2) is 15.8 Å². The SMILES string of the molecule is O=c1[nH]c(=O)n([C@H]2S[C@@H](CO)[C@H](O)[C@@H]2O)cc1Cl. The fraction of sp³-hybridized carbons (Fsp3) is 0.556. The molecule has 9 heteroatoms. The normalized spacial score (nSPS) is 31.8. The van der Waals surface area contributed by atoms with Crippen LogP contribution in [0.1, 0.15) is 5.37 Å². The summed E-state index contributed by atoms with van der Waals surface area (Å²) in [5, 5.41) is 26.9. The fourth-order valence-corrected chi connectivity index (χ4v) is 3.29. The van der Waals surface area contributed by atoms with Gasteiger partial charge in [-0.2, -0.15) is 0 Å². The van der Waals surface area contributed by atoms with Crippen LogP contribution in [0.3, 0.4) is 0 Å². The van der Waals surface area contributed by atoms with E-state index in [0.29, 0.717) is 0 Å². The zero-order valence-electron chi connectivity index (χ0n) is 8.99. The van der Waals surface area contributed by atoms with E-state index in [2.05, 4.69) is 0 Å². The first-order valence-corrected chi connectivity index (χ1v) is 6.41. The molecule has 1 aromatic heterocycles. The molecule has 18 heavy (non-hydrogen) atoms. The monoisotopic (exact) mass is 294 g/mol. The Labute approximate surface area is 110 Å². The van der Waals surface area contributed by atoms with E-state index in [4.69, 9.17) is 16.7 Å².